The van der Waals surface area contributed by atoms with E-state index in [0.717, 1.165) is 46.2 Å². The molecule has 0 fully saturated rings. The highest BCUT2D eigenvalue weighted by atomic mass is 15.0. The monoisotopic (exact) mass is 895 g/mol. The first kappa shape index (κ1) is 41.6. The summed E-state index contributed by atoms with van der Waals surface area (Å²) in [6.07, 6.45) is 10.9. The molecule has 3 aliphatic carbocycles. The van der Waals surface area contributed by atoms with Gasteiger partial charge < -0.3 is 0 Å². The molecule has 0 amide bonds. The number of aromatic nitrogens is 3. The average molecular weight is 896 g/mol. The zero-order valence-electron chi connectivity index (χ0n) is 39.1. The molecule has 0 N–H and O–H groups in total. The lowest BCUT2D eigenvalue weighted by molar-refractivity contribution is 0.451. The molecule has 9 aromatic carbocycles. The predicted molar refractivity (Wildman–Crippen MR) is 289 cm³/mol. The van der Waals surface area contributed by atoms with Crippen molar-refractivity contribution in [3.63, 3.8) is 0 Å². The van der Waals surface area contributed by atoms with Crippen molar-refractivity contribution in [1.29, 1.82) is 0 Å². The minimum atomic E-state index is -0.462. The molecule has 1 heterocycles. The van der Waals surface area contributed by atoms with E-state index < -0.39 is 5.41 Å². The summed E-state index contributed by atoms with van der Waals surface area (Å²) in [4.78, 5) is 15.3. The molecule has 3 aliphatic rings. The van der Waals surface area contributed by atoms with E-state index in [1.807, 2.05) is 24.3 Å². The predicted octanol–water partition coefficient (Wildman–Crippen LogP) is 16.8. The Bertz CT molecular complexity index is 3720. The van der Waals surface area contributed by atoms with Crippen LogP contribution in [0.15, 0.2) is 254 Å². The van der Waals surface area contributed by atoms with E-state index in [-0.39, 0.29) is 5.41 Å². The van der Waals surface area contributed by atoms with Crippen LogP contribution < -0.4 is 0 Å². The molecule has 332 valence electrons. The third-order valence-corrected chi connectivity index (χ3v) is 15.2. The second-order valence-corrected chi connectivity index (χ2v) is 19.2. The number of rotatable bonds is 8. The Hall–Kier alpha value is -8.53. The third kappa shape index (κ3) is 6.76. The normalized spacial score (nSPS) is 18.0. The van der Waals surface area contributed by atoms with Crippen molar-refractivity contribution in [2.75, 3.05) is 0 Å². The molecule has 2 unspecified atom stereocenters. The van der Waals surface area contributed by atoms with Crippen LogP contribution in [0.2, 0.25) is 0 Å². The van der Waals surface area contributed by atoms with Gasteiger partial charge >= 0.3 is 0 Å². The van der Waals surface area contributed by atoms with Crippen LogP contribution >= 0.6 is 0 Å². The molecule has 3 heteroatoms. The summed E-state index contributed by atoms with van der Waals surface area (Å²) in [7, 11) is 0. The molecule has 2 atom stereocenters. The lowest BCUT2D eigenvalue weighted by Gasteiger charge is -2.41. The fraction of sp³-hybridized carbons (Fsp3) is 0.0896. The van der Waals surface area contributed by atoms with E-state index in [1.165, 1.54) is 72.9 Å². The molecule has 3 nitrogen and oxygen atoms in total. The first-order valence-corrected chi connectivity index (χ1v) is 24.6. The van der Waals surface area contributed by atoms with Crippen molar-refractivity contribution in [1.82, 2.24) is 15.0 Å². The Kier molecular flexibility index (Phi) is 10.1. The zero-order chi connectivity index (χ0) is 46.7. The number of hydrogen-bond acceptors (Lipinski definition) is 3. The van der Waals surface area contributed by atoms with Crippen LogP contribution in [0, 0.1) is 5.41 Å². The van der Waals surface area contributed by atoms with Gasteiger partial charge in [-0.05, 0) is 108 Å². The fourth-order valence-corrected chi connectivity index (χ4v) is 11.9. The highest BCUT2D eigenvalue weighted by Crippen LogP contribution is 2.64. The largest absolute Gasteiger partial charge is 0.208 e. The van der Waals surface area contributed by atoms with Gasteiger partial charge in [0.2, 0.25) is 0 Å². The van der Waals surface area contributed by atoms with Crippen LogP contribution in [-0.4, -0.2) is 15.0 Å². The van der Waals surface area contributed by atoms with E-state index in [9.17, 15) is 0 Å². The van der Waals surface area contributed by atoms with Crippen molar-refractivity contribution in [3.05, 3.63) is 276 Å². The molecule has 0 saturated carbocycles. The Morgan fingerprint density at radius 3 is 1.74 bits per heavy atom. The minimum Gasteiger partial charge on any atom is -0.208 e. The zero-order valence-corrected chi connectivity index (χ0v) is 39.1. The summed E-state index contributed by atoms with van der Waals surface area (Å²) in [6.45, 7) is 2.49. The fourth-order valence-electron chi connectivity index (χ4n) is 11.9. The van der Waals surface area contributed by atoms with Crippen LogP contribution in [-0.2, 0) is 5.41 Å². The van der Waals surface area contributed by atoms with Crippen LogP contribution in [0.3, 0.4) is 0 Å². The van der Waals surface area contributed by atoms with Gasteiger partial charge in [-0.25, -0.2) is 15.0 Å². The van der Waals surface area contributed by atoms with Gasteiger partial charge in [-0.2, -0.15) is 0 Å². The van der Waals surface area contributed by atoms with Gasteiger partial charge in [0.05, 0.1) is 5.41 Å². The van der Waals surface area contributed by atoms with Gasteiger partial charge in [0.1, 0.15) is 0 Å². The highest BCUT2D eigenvalue weighted by molar-refractivity contribution is 6.04. The Labute approximate surface area is 410 Å². The topological polar surface area (TPSA) is 38.7 Å². The summed E-state index contributed by atoms with van der Waals surface area (Å²) in [6, 6.07) is 81.1. The first-order chi connectivity index (χ1) is 34.6. The van der Waals surface area contributed by atoms with Gasteiger partial charge in [-0.15, -0.1) is 0 Å². The highest BCUT2D eigenvalue weighted by Gasteiger charge is 2.52. The van der Waals surface area contributed by atoms with Gasteiger partial charge in [0.25, 0.3) is 0 Å². The molecular formula is C67H49N3. The van der Waals surface area contributed by atoms with Gasteiger partial charge in [-0.1, -0.05) is 244 Å². The number of fused-ring (bicyclic) bond motifs is 5. The minimum absolute atomic E-state index is 0.0328. The number of allylic oxidation sites excluding steroid dienone is 6. The van der Waals surface area contributed by atoms with Crippen molar-refractivity contribution >= 4 is 16.3 Å². The first-order valence-electron chi connectivity index (χ1n) is 24.6. The smallest absolute Gasteiger partial charge is 0.164 e. The summed E-state index contributed by atoms with van der Waals surface area (Å²) in [5.41, 5.74) is 18.9. The van der Waals surface area contributed by atoms with Crippen molar-refractivity contribution in [2.24, 2.45) is 5.41 Å². The number of nitrogens with zero attached hydrogens (tertiary/aromatic N) is 3. The summed E-state index contributed by atoms with van der Waals surface area (Å²) < 4.78 is 0. The number of hydrogen-bond donors (Lipinski definition) is 0. The molecule has 0 spiro atoms. The van der Waals surface area contributed by atoms with Gasteiger partial charge in [-0.3, -0.25) is 0 Å². The number of benzene rings is 9. The van der Waals surface area contributed by atoms with Crippen LogP contribution in [0.25, 0.3) is 83.9 Å². The van der Waals surface area contributed by atoms with E-state index >= 15 is 0 Å². The van der Waals surface area contributed by atoms with Crippen molar-refractivity contribution in [2.45, 2.75) is 31.6 Å². The second-order valence-electron chi connectivity index (χ2n) is 19.2. The lowest BCUT2D eigenvalue weighted by atomic mass is 9.61. The second kappa shape index (κ2) is 16.9. The SMILES string of the molecule is CC12CCCC=C1C=CC1=C2c2ccccc2C1(c1ccccc1)c1ccc(-c2ccc3ccccc3c2-c2ccc(-c3nc(-c4ccccc4)nc(-c4cccc(-c5ccccc5)c4)n3)cc2)cc1. The maximum Gasteiger partial charge on any atom is 0.164 e. The van der Waals surface area contributed by atoms with Crippen molar-refractivity contribution < 1.29 is 0 Å². The van der Waals surface area contributed by atoms with E-state index in [2.05, 4.69) is 225 Å². The molecule has 1 aromatic heterocycles. The van der Waals surface area contributed by atoms with Crippen LogP contribution in [0.5, 0.6) is 0 Å². The third-order valence-electron chi connectivity index (χ3n) is 15.2. The van der Waals surface area contributed by atoms with Crippen LogP contribution in [0.4, 0.5) is 0 Å². The molecule has 0 aliphatic heterocycles. The standard InChI is InChI=1S/C67H49N3/c1-66-43-16-15-25-53(66)40-42-60-62(66)58-29-13-14-30-59(58)67(60,54-26-9-4-10-27-54)55-38-35-47(36-39-55)57-41-37-46-20-11-12-28-56(46)61(57)48-31-33-50(34-32-48)64-68-63(49-21-7-3-8-22-49)69-65(70-64)52-24-17-23-51(44-52)45-18-5-2-6-19-45/h2-14,17-42,44H,15-16,43H2,1H3. The summed E-state index contributed by atoms with van der Waals surface area (Å²) in [5, 5.41) is 2.41. The summed E-state index contributed by atoms with van der Waals surface area (Å²) in [5.74, 6) is 1.91. The van der Waals surface area contributed by atoms with Crippen molar-refractivity contribution in [3.8, 4) is 67.5 Å². The lowest BCUT2D eigenvalue weighted by Crippen LogP contribution is -2.31. The molecule has 13 rings (SSSR count). The maximum absolute atomic E-state index is 5.15. The Morgan fingerprint density at radius 1 is 0.414 bits per heavy atom. The molecular weight excluding hydrogens is 847 g/mol. The molecule has 0 radical (unpaired) electrons. The summed E-state index contributed by atoms with van der Waals surface area (Å²) >= 11 is 0. The molecule has 70 heavy (non-hydrogen) atoms. The van der Waals surface area contributed by atoms with Gasteiger partial charge in [0.15, 0.2) is 17.5 Å². The van der Waals surface area contributed by atoms with E-state index in [0.29, 0.717) is 17.5 Å². The van der Waals surface area contributed by atoms with E-state index in [1.54, 1.807) is 0 Å². The molecule has 0 bridgehead atoms. The quantitative estimate of drug-likeness (QED) is 0.153. The Morgan fingerprint density at radius 2 is 0.986 bits per heavy atom. The van der Waals surface area contributed by atoms with Crippen LogP contribution in [0.1, 0.15) is 48.4 Å². The van der Waals surface area contributed by atoms with Gasteiger partial charge in [0, 0.05) is 22.1 Å². The average Bonchev–Trinajstić information content (AvgIpc) is 3.75. The molecule has 10 aromatic rings. The van der Waals surface area contributed by atoms with E-state index in [4.69, 9.17) is 15.0 Å². The molecule has 0 saturated heterocycles. The maximum atomic E-state index is 5.15. The Balaban J connectivity index is 0.922.